The van der Waals surface area contributed by atoms with E-state index in [2.05, 4.69) is 22.0 Å². The van der Waals surface area contributed by atoms with Gasteiger partial charge in [-0.1, -0.05) is 15.9 Å². The fourth-order valence-corrected chi connectivity index (χ4v) is 2.52. The van der Waals surface area contributed by atoms with Crippen LogP contribution in [0.3, 0.4) is 0 Å². The Balaban J connectivity index is 2.54. The number of hydrogen-bond donors (Lipinski definition) is 1. The van der Waals surface area contributed by atoms with Crippen molar-refractivity contribution in [2.24, 2.45) is 5.73 Å². The van der Waals surface area contributed by atoms with Gasteiger partial charge in [0.1, 0.15) is 5.75 Å². The summed E-state index contributed by atoms with van der Waals surface area (Å²) in [7, 11) is 1.71. The van der Waals surface area contributed by atoms with Gasteiger partial charge in [-0.3, -0.25) is 0 Å². The molecule has 0 aliphatic heterocycles. The molecule has 0 amide bonds. The second kappa shape index (κ2) is 3.91. The number of hydrogen-bond acceptors (Lipinski definition) is 2. The molecule has 1 aromatic carbocycles. The van der Waals surface area contributed by atoms with Crippen LogP contribution in [0.4, 0.5) is 0 Å². The molecular formula is C11H14BrNO. The Bertz CT molecular complexity index is 351. The van der Waals surface area contributed by atoms with E-state index in [9.17, 15) is 0 Å². The zero-order chi connectivity index (χ0) is 10.1. The molecule has 0 spiro atoms. The second-order valence-electron chi connectivity index (χ2n) is 3.67. The summed E-state index contributed by atoms with van der Waals surface area (Å²) in [5, 5.41) is 0. The standard InChI is InChI=1S/C11H14BrNO/c1-14-11-6-7(12)5-9-8(11)3-2-4-10(9)13/h5-6,10H,2-4,13H2,1H3/t10-/m1/s1. The smallest absolute Gasteiger partial charge is 0.123 e. The number of methoxy groups -OCH3 is 1. The molecular weight excluding hydrogens is 242 g/mol. The Labute approximate surface area is 92.6 Å². The molecule has 2 nitrogen and oxygen atoms in total. The van der Waals surface area contributed by atoms with Gasteiger partial charge in [0.25, 0.3) is 0 Å². The van der Waals surface area contributed by atoms with Crippen LogP contribution in [0, 0.1) is 0 Å². The molecule has 0 bridgehead atoms. The van der Waals surface area contributed by atoms with Crippen molar-refractivity contribution in [3.63, 3.8) is 0 Å². The summed E-state index contributed by atoms with van der Waals surface area (Å²) in [6.07, 6.45) is 3.32. The minimum absolute atomic E-state index is 0.171. The molecule has 2 rings (SSSR count). The van der Waals surface area contributed by atoms with Gasteiger partial charge in [0.2, 0.25) is 0 Å². The lowest BCUT2D eigenvalue weighted by Gasteiger charge is -2.24. The van der Waals surface area contributed by atoms with Crippen LogP contribution in [0.25, 0.3) is 0 Å². The van der Waals surface area contributed by atoms with E-state index in [1.807, 2.05) is 6.07 Å². The SMILES string of the molecule is COc1cc(Br)cc2c1CCC[C@H]2N. The molecule has 76 valence electrons. The highest BCUT2D eigenvalue weighted by molar-refractivity contribution is 9.10. The summed E-state index contributed by atoms with van der Waals surface area (Å²) in [6.45, 7) is 0. The number of ether oxygens (including phenoxy) is 1. The van der Waals surface area contributed by atoms with Crippen molar-refractivity contribution in [2.45, 2.75) is 25.3 Å². The van der Waals surface area contributed by atoms with Crippen LogP contribution in [0.5, 0.6) is 5.75 Å². The van der Waals surface area contributed by atoms with Gasteiger partial charge in [-0.05, 0) is 42.5 Å². The molecule has 0 saturated carbocycles. The van der Waals surface area contributed by atoms with Crippen molar-refractivity contribution >= 4 is 15.9 Å². The van der Waals surface area contributed by atoms with Gasteiger partial charge >= 0.3 is 0 Å². The monoisotopic (exact) mass is 255 g/mol. The van der Waals surface area contributed by atoms with Crippen molar-refractivity contribution in [3.8, 4) is 5.75 Å². The molecule has 1 atom stereocenters. The molecule has 1 aliphatic rings. The molecule has 0 aromatic heterocycles. The van der Waals surface area contributed by atoms with Crippen LogP contribution in [-0.2, 0) is 6.42 Å². The highest BCUT2D eigenvalue weighted by atomic mass is 79.9. The average molecular weight is 256 g/mol. The number of nitrogens with two attached hydrogens (primary N) is 1. The number of benzene rings is 1. The van der Waals surface area contributed by atoms with Crippen molar-refractivity contribution < 1.29 is 4.74 Å². The number of rotatable bonds is 1. The molecule has 0 fully saturated rings. The van der Waals surface area contributed by atoms with Gasteiger partial charge in [-0.2, -0.15) is 0 Å². The predicted octanol–water partition coefficient (Wildman–Crippen LogP) is 2.79. The van der Waals surface area contributed by atoms with E-state index in [-0.39, 0.29) is 6.04 Å². The van der Waals surface area contributed by atoms with E-state index < -0.39 is 0 Å². The Hall–Kier alpha value is -0.540. The fourth-order valence-electron chi connectivity index (χ4n) is 2.07. The first-order valence-corrected chi connectivity index (χ1v) is 5.63. The van der Waals surface area contributed by atoms with Gasteiger partial charge in [0.05, 0.1) is 7.11 Å². The van der Waals surface area contributed by atoms with E-state index in [4.69, 9.17) is 10.5 Å². The van der Waals surface area contributed by atoms with E-state index in [1.54, 1.807) is 7.11 Å². The minimum Gasteiger partial charge on any atom is -0.496 e. The first-order chi connectivity index (χ1) is 6.72. The van der Waals surface area contributed by atoms with Gasteiger partial charge in [0, 0.05) is 10.5 Å². The zero-order valence-electron chi connectivity index (χ0n) is 8.22. The van der Waals surface area contributed by atoms with Crippen molar-refractivity contribution in [1.82, 2.24) is 0 Å². The molecule has 2 N–H and O–H groups in total. The quantitative estimate of drug-likeness (QED) is 0.838. The van der Waals surface area contributed by atoms with E-state index in [1.165, 1.54) is 11.1 Å². The molecule has 1 aliphatic carbocycles. The summed E-state index contributed by atoms with van der Waals surface area (Å²) in [5.74, 6) is 0.963. The Kier molecular flexibility index (Phi) is 2.79. The summed E-state index contributed by atoms with van der Waals surface area (Å²) in [4.78, 5) is 0. The molecule has 0 radical (unpaired) electrons. The van der Waals surface area contributed by atoms with Crippen LogP contribution in [-0.4, -0.2) is 7.11 Å². The zero-order valence-corrected chi connectivity index (χ0v) is 9.80. The Morgan fingerprint density at radius 1 is 1.50 bits per heavy atom. The lowest BCUT2D eigenvalue weighted by atomic mass is 9.88. The number of halogens is 1. The molecule has 0 unspecified atom stereocenters. The van der Waals surface area contributed by atoms with E-state index >= 15 is 0 Å². The molecule has 14 heavy (non-hydrogen) atoms. The summed E-state index contributed by atoms with van der Waals surface area (Å²) < 4.78 is 6.40. The predicted molar refractivity (Wildman–Crippen MR) is 60.6 cm³/mol. The Morgan fingerprint density at radius 2 is 2.29 bits per heavy atom. The van der Waals surface area contributed by atoms with Crippen LogP contribution < -0.4 is 10.5 Å². The van der Waals surface area contributed by atoms with Crippen molar-refractivity contribution in [3.05, 3.63) is 27.7 Å². The van der Waals surface area contributed by atoms with Crippen LogP contribution in [0.15, 0.2) is 16.6 Å². The summed E-state index contributed by atoms with van der Waals surface area (Å²) >= 11 is 3.47. The normalized spacial score (nSPS) is 20.4. The van der Waals surface area contributed by atoms with E-state index in [0.29, 0.717) is 0 Å². The number of fused-ring (bicyclic) bond motifs is 1. The van der Waals surface area contributed by atoms with Crippen LogP contribution in [0.1, 0.15) is 30.0 Å². The van der Waals surface area contributed by atoms with Gasteiger partial charge < -0.3 is 10.5 Å². The first kappa shape index (κ1) is 9.99. The minimum atomic E-state index is 0.171. The average Bonchev–Trinajstić information content (AvgIpc) is 2.18. The maximum Gasteiger partial charge on any atom is 0.123 e. The fraction of sp³-hybridized carbons (Fsp3) is 0.455. The van der Waals surface area contributed by atoms with Crippen molar-refractivity contribution in [1.29, 1.82) is 0 Å². The lowest BCUT2D eigenvalue weighted by Crippen LogP contribution is -2.18. The molecule has 3 heteroatoms. The van der Waals surface area contributed by atoms with Crippen LogP contribution >= 0.6 is 15.9 Å². The Morgan fingerprint density at radius 3 is 3.00 bits per heavy atom. The third kappa shape index (κ3) is 1.66. The molecule has 1 aromatic rings. The molecule has 0 heterocycles. The third-order valence-electron chi connectivity index (χ3n) is 2.77. The first-order valence-electron chi connectivity index (χ1n) is 4.84. The third-order valence-corrected chi connectivity index (χ3v) is 3.23. The van der Waals surface area contributed by atoms with Gasteiger partial charge in [-0.15, -0.1) is 0 Å². The summed E-state index contributed by atoms with van der Waals surface area (Å²) in [5.41, 5.74) is 8.59. The maximum absolute atomic E-state index is 6.06. The molecule has 0 saturated heterocycles. The highest BCUT2D eigenvalue weighted by Gasteiger charge is 2.20. The topological polar surface area (TPSA) is 35.2 Å². The lowest BCUT2D eigenvalue weighted by molar-refractivity contribution is 0.403. The van der Waals surface area contributed by atoms with Gasteiger partial charge in [-0.25, -0.2) is 0 Å². The second-order valence-corrected chi connectivity index (χ2v) is 4.59. The van der Waals surface area contributed by atoms with Crippen LogP contribution in [0.2, 0.25) is 0 Å². The maximum atomic E-state index is 6.06. The van der Waals surface area contributed by atoms with E-state index in [0.717, 1.165) is 29.5 Å². The largest absolute Gasteiger partial charge is 0.496 e. The highest BCUT2D eigenvalue weighted by Crippen LogP contribution is 2.36. The van der Waals surface area contributed by atoms with Gasteiger partial charge in [0.15, 0.2) is 0 Å². The van der Waals surface area contributed by atoms with Crippen molar-refractivity contribution in [2.75, 3.05) is 7.11 Å². The summed E-state index contributed by atoms with van der Waals surface area (Å²) in [6, 6.07) is 4.30.